The van der Waals surface area contributed by atoms with E-state index in [1.54, 1.807) is 0 Å². The van der Waals surface area contributed by atoms with Gasteiger partial charge in [0, 0.05) is 16.9 Å². The lowest BCUT2D eigenvalue weighted by atomic mass is 10.2. The van der Waals surface area contributed by atoms with Crippen molar-refractivity contribution in [3.8, 4) is 0 Å². The van der Waals surface area contributed by atoms with Crippen LogP contribution in [-0.4, -0.2) is 14.3 Å². The van der Waals surface area contributed by atoms with Crippen LogP contribution in [0.3, 0.4) is 0 Å². The molecule has 0 bridgehead atoms. The Balaban J connectivity index is 1.79. The van der Waals surface area contributed by atoms with Crippen LogP contribution in [0.2, 0.25) is 0 Å². The van der Waals surface area contributed by atoms with Crippen molar-refractivity contribution < 1.29 is 22.0 Å². The average molecular weight is 402 g/mol. The fourth-order valence-corrected chi connectivity index (χ4v) is 3.48. The molecule has 0 fully saturated rings. The van der Waals surface area contributed by atoms with Crippen LogP contribution in [0.4, 0.5) is 20.2 Å². The number of aryl methyl sites for hydroxylation is 1. The highest BCUT2D eigenvalue weighted by molar-refractivity contribution is 7.92. The number of anilines is 2. The van der Waals surface area contributed by atoms with E-state index < -0.39 is 27.6 Å². The van der Waals surface area contributed by atoms with Gasteiger partial charge in [-0.2, -0.15) is 0 Å². The summed E-state index contributed by atoms with van der Waals surface area (Å²) in [5.41, 5.74) is 1.07. The maximum atomic E-state index is 13.7. The normalized spacial score (nSPS) is 11.1. The second-order valence-electron chi connectivity index (χ2n) is 6.06. The molecule has 3 aromatic carbocycles. The van der Waals surface area contributed by atoms with Gasteiger partial charge in [-0.1, -0.05) is 12.1 Å². The number of halogens is 2. The SMILES string of the molecule is Cc1ccc(S(=O)(=O)Nc2cccc(C(=O)Nc3ccc(F)cc3)c2)cc1F. The highest BCUT2D eigenvalue weighted by atomic mass is 32.2. The van der Waals surface area contributed by atoms with E-state index >= 15 is 0 Å². The number of carbonyl (C=O) groups is 1. The molecule has 3 rings (SSSR count). The highest BCUT2D eigenvalue weighted by Gasteiger charge is 2.17. The molecule has 0 aliphatic heterocycles. The summed E-state index contributed by atoms with van der Waals surface area (Å²) in [5.74, 6) is -1.55. The van der Waals surface area contributed by atoms with Crippen LogP contribution in [-0.2, 0) is 10.0 Å². The van der Waals surface area contributed by atoms with E-state index in [1.807, 2.05) is 0 Å². The smallest absolute Gasteiger partial charge is 0.261 e. The highest BCUT2D eigenvalue weighted by Crippen LogP contribution is 2.20. The molecule has 2 N–H and O–H groups in total. The monoisotopic (exact) mass is 402 g/mol. The van der Waals surface area contributed by atoms with Gasteiger partial charge in [0.2, 0.25) is 0 Å². The zero-order valence-electron chi connectivity index (χ0n) is 14.7. The van der Waals surface area contributed by atoms with E-state index in [-0.39, 0.29) is 16.1 Å². The molecule has 0 aromatic heterocycles. The number of hydrogen-bond donors (Lipinski definition) is 2. The van der Waals surface area contributed by atoms with E-state index in [2.05, 4.69) is 10.0 Å². The summed E-state index contributed by atoms with van der Waals surface area (Å²) >= 11 is 0. The van der Waals surface area contributed by atoms with Crippen molar-refractivity contribution in [1.29, 1.82) is 0 Å². The minimum absolute atomic E-state index is 0.146. The zero-order chi connectivity index (χ0) is 20.3. The minimum Gasteiger partial charge on any atom is -0.322 e. The summed E-state index contributed by atoms with van der Waals surface area (Å²) in [5, 5.41) is 2.59. The van der Waals surface area contributed by atoms with Crippen molar-refractivity contribution >= 4 is 27.3 Å². The third kappa shape index (κ3) is 4.52. The maximum Gasteiger partial charge on any atom is 0.261 e. The van der Waals surface area contributed by atoms with Gasteiger partial charge in [0.25, 0.3) is 15.9 Å². The molecule has 3 aromatic rings. The Morgan fingerprint density at radius 2 is 1.61 bits per heavy atom. The van der Waals surface area contributed by atoms with Crippen LogP contribution in [0.5, 0.6) is 0 Å². The van der Waals surface area contributed by atoms with Gasteiger partial charge in [-0.25, -0.2) is 17.2 Å². The molecule has 0 unspecified atom stereocenters. The molecule has 0 spiro atoms. The van der Waals surface area contributed by atoms with Gasteiger partial charge in [0.15, 0.2) is 0 Å². The number of nitrogens with one attached hydrogen (secondary N) is 2. The number of rotatable bonds is 5. The largest absolute Gasteiger partial charge is 0.322 e. The van der Waals surface area contributed by atoms with Gasteiger partial charge in [-0.3, -0.25) is 9.52 Å². The molecule has 144 valence electrons. The van der Waals surface area contributed by atoms with Gasteiger partial charge < -0.3 is 5.32 Å². The molecular formula is C20H16F2N2O3S. The molecule has 5 nitrogen and oxygen atoms in total. The van der Waals surface area contributed by atoms with Crippen LogP contribution >= 0.6 is 0 Å². The van der Waals surface area contributed by atoms with Crippen molar-refractivity contribution in [3.63, 3.8) is 0 Å². The van der Waals surface area contributed by atoms with Crippen LogP contribution < -0.4 is 10.0 Å². The molecule has 0 aliphatic carbocycles. The molecule has 1 amide bonds. The summed E-state index contributed by atoms with van der Waals surface area (Å²) in [4.78, 5) is 12.1. The van der Waals surface area contributed by atoms with E-state index in [0.29, 0.717) is 11.3 Å². The van der Waals surface area contributed by atoms with E-state index in [1.165, 1.54) is 67.6 Å². The van der Waals surface area contributed by atoms with Crippen LogP contribution in [0.25, 0.3) is 0 Å². The first-order chi connectivity index (χ1) is 13.2. The van der Waals surface area contributed by atoms with Gasteiger partial charge >= 0.3 is 0 Å². The maximum absolute atomic E-state index is 13.7. The topological polar surface area (TPSA) is 75.3 Å². The molecule has 0 atom stereocenters. The summed E-state index contributed by atoms with van der Waals surface area (Å²) in [6.07, 6.45) is 0. The first-order valence-corrected chi connectivity index (χ1v) is 9.69. The third-order valence-corrected chi connectivity index (χ3v) is 5.31. The number of amides is 1. The quantitative estimate of drug-likeness (QED) is 0.667. The van der Waals surface area contributed by atoms with E-state index in [0.717, 1.165) is 6.07 Å². The molecule has 8 heteroatoms. The van der Waals surface area contributed by atoms with Crippen molar-refractivity contribution in [2.24, 2.45) is 0 Å². The molecule has 0 aliphatic rings. The van der Waals surface area contributed by atoms with Crippen molar-refractivity contribution in [3.05, 3.63) is 89.5 Å². The third-order valence-electron chi connectivity index (χ3n) is 3.93. The zero-order valence-corrected chi connectivity index (χ0v) is 15.6. The summed E-state index contributed by atoms with van der Waals surface area (Å²) in [6.45, 7) is 1.53. The Kier molecular flexibility index (Phi) is 5.41. The number of carbonyl (C=O) groups excluding carboxylic acids is 1. The summed E-state index contributed by atoms with van der Waals surface area (Å²) in [6, 6.07) is 14.7. The van der Waals surface area contributed by atoms with E-state index in [4.69, 9.17) is 0 Å². The number of benzene rings is 3. The lowest BCUT2D eigenvalue weighted by molar-refractivity contribution is 0.102. The first-order valence-electron chi connectivity index (χ1n) is 8.20. The fourth-order valence-electron chi connectivity index (χ4n) is 2.42. The van der Waals surface area contributed by atoms with Crippen LogP contribution in [0.15, 0.2) is 71.6 Å². The van der Waals surface area contributed by atoms with Gasteiger partial charge in [0.1, 0.15) is 11.6 Å². The molecule has 0 radical (unpaired) electrons. The van der Waals surface area contributed by atoms with Gasteiger partial charge in [-0.05, 0) is 67.1 Å². The molecule has 0 saturated carbocycles. The first kappa shape index (κ1) is 19.5. The van der Waals surface area contributed by atoms with Gasteiger partial charge in [-0.15, -0.1) is 0 Å². The molecule has 0 saturated heterocycles. The molecular weight excluding hydrogens is 386 g/mol. The van der Waals surface area contributed by atoms with Crippen molar-refractivity contribution in [2.75, 3.05) is 10.0 Å². The lowest BCUT2D eigenvalue weighted by Crippen LogP contribution is -2.15. The van der Waals surface area contributed by atoms with Crippen molar-refractivity contribution in [2.45, 2.75) is 11.8 Å². The molecule has 28 heavy (non-hydrogen) atoms. The number of sulfonamides is 1. The van der Waals surface area contributed by atoms with Crippen LogP contribution in [0, 0.1) is 18.6 Å². The minimum atomic E-state index is -4.02. The second-order valence-corrected chi connectivity index (χ2v) is 7.74. The Morgan fingerprint density at radius 3 is 2.29 bits per heavy atom. The number of hydrogen-bond acceptors (Lipinski definition) is 3. The lowest BCUT2D eigenvalue weighted by Gasteiger charge is -2.10. The summed E-state index contributed by atoms with van der Waals surface area (Å²) in [7, 11) is -4.02. The Labute approximate surface area is 161 Å². The van der Waals surface area contributed by atoms with Gasteiger partial charge in [0.05, 0.1) is 4.90 Å². The van der Waals surface area contributed by atoms with Crippen LogP contribution in [0.1, 0.15) is 15.9 Å². The predicted octanol–water partition coefficient (Wildman–Crippen LogP) is 4.33. The fraction of sp³-hybridized carbons (Fsp3) is 0.0500. The van der Waals surface area contributed by atoms with E-state index in [9.17, 15) is 22.0 Å². The summed E-state index contributed by atoms with van der Waals surface area (Å²) < 4.78 is 53.9. The molecule has 0 heterocycles. The van der Waals surface area contributed by atoms with Crippen molar-refractivity contribution in [1.82, 2.24) is 0 Å². The average Bonchev–Trinajstić information content (AvgIpc) is 2.65. The standard InChI is InChI=1S/C20H16F2N2O3S/c1-13-5-10-18(12-19(13)22)28(26,27)24-17-4-2-3-14(11-17)20(25)23-16-8-6-15(21)7-9-16/h2-12,24H,1H3,(H,23,25). The Hall–Kier alpha value is -3.26. The Morgan fingerprint density at radius 1 is 0.893 bits per heavy atom. The predicted molar refractivity (Wildman–Crippen MR) is 103 cm³/mol. The Bertz CT molecular complexity index is 1130. The second kappa shape index (κ2) is 7.77.